The number of carbonyl (C=O) groups is 1. The molecule has 5 heteroatoms. The summed E-state index contributed by atoms with van der Waals surface area (Å²) < 4.78 is 5.34. The summed E-state index contributed by atoms with van der Waals surface area (Å²) in [6, 6.07) is 12.0. The highest BCUT2D eigenvalue weighted by Gasteiger charge is 2.13. The van der Waals surface area contributed by atoms with Crippen LogP contribution >= 0.6 is 0 Å². The van der Waals surface area contributed by atoms with Gasteiger partial charge in [-0.3, -0.25) is 4.79 Å². The fraction of sp³-hybridized carbons (Fsp3) is 0.368. The van der Waals surface area contributed by atoms with E-state index in [-0.39, 0.29) is 5.91 Å². The molecule has 1 saturated heterocycles. The van der Waals surface area contributed by atoms with Gasteiger partial charge in [-0.25, -0.2) is 4.98 Å². The summed E-state index contributed by atoms with van der Waals surface area (Å²) in [7, 11) is 0. The van der Waals surface area contributed by atoms with Crippen LogP contribution in [0.5, 0.6) is 0 Å². The van der Waals surface area contributed by atoms with Gasteiger partial charge in [0, 0.05) is 25.8 Å². The van der Waals surface area contributed by atoms with E-state index in [1.165, 1.54) is 11.1 Å². The van der Waals surface area contributed by atoms with Crippen molar-refractivity contribution in [2.24, 2.45) is 0 Å². The fourth-order valence-corrected chi connectivity index (χ4v) is 2.80. The van der Waals surface area contributed by atoms with Crippen molar-refractivity contribution in [2.75, 3.05) is 37.7 Å². The zero-order chi connectivity index (χ0) is 16.8. The molecule has 0 unspecified atom stereocenters. The van der Waals surface area contributed by atoms with Crippen LogP contribution in [-0.2, 0) is 11.2 Å². The van der Waals surface area contributed by atoms with Crippen molar-refractivity contribution < 1.29 is 9.53 Å². The number of aromatic nitrogens is 1. The summed E-state index contributed by atoms with van der Waals surface area (Å²) in [6.45, 7) is 5.84. The zero-order valence-electron chi connectivity index (χ0n) is 14.0. The van der Waals surface area contributed by atoms with Crippen LogP contribution in [0.15, 0.2) is 42.6 Å². The van der Waals surface area contributed by atoms with Crippen LogP contribution in [0.2, 0.25) is 0 Å². The third-order valence-corrected chi connectivity index (χ3v) is 4.29. The third-order valence-electron chi connectivity index (χ3n) is 4.29. The molecule has 0 bridgehead atoms. The molecule has 1 fully saturated rings. The molecule has 0 aliphatic carbocycles. The van der Waals surface area contributed by atoms with E-state index in [1.807, 2.05) is 24.3 Å². The number of pyridine rings is 1. The van der Waals surface area contributed by atoms with Gasteiger partial charge in [0.05, 0.1) is 18.8 Å². The van der Waals surface area contributed by atoms with E-state index in [0.717, 1.165) is 38.5 Å². The Hall–Kier alpha value is -2.40. The van der Waals surface area contributed by atoms with Crippen LogP contribution in [0.25, 0.3) is 0 Å². The van der Waals surface area contributed by atoms with E-state index in [9.17, 15) is 4.79 Å². The molecular formula is C19H23N3O2. The maximum Gasteiger partial charge on any atom is 0.252 e. The molecule has 0 atom stereocenters. The number of ether oxygens (including phenoxy) is 1. The summed E-state index contributed by atoms with van der Waals surface area (Å²) in [5.41, 5.74) is 3.11. The number of nitrogens with zero attached hydrogens (tertiary/aromatic N) is 2. The van der Waals surface area contributed by atoms with Gasteiger partial charge in [-0.2, -0.15) is 0 Å². The molecule has 1 aromatic heterocycles. The number of hydrogen-bond acceptors (Lipinski definition) is 4. The van der Waals surface area contributed by atoms with Crippen LogP contribution in [0.1, 0.15) is 21.5 Å². The van der Waals surface area contributed by atoms with Gasteiger partial charge in [-0.1, -0.05) is 24.3 Å². The topological polar surface area (TPSA) is 54.5 Å². The highest BCUT2D eigenvalue weighted by Crippen LogP contribution is 2.13. The number of nitrogens with one attached hydrogen (secondary N) is 1. The molecule has 5 nitrogen and oxygen atoms in total. The van der Waals surface area contributed by atoms with Gasteiger partial charge in [0.15, 0.2) is 0 Å². The van der Waals surface area contributed by atoms with Crippen molar-refractivity contribution in [3.05, 3.63) is 59.3 Å². The quantitative estimate of drug-likeness (QED) is 0.916. The van der Waals surface area contributed by atoms with Gasteiger partial charge >= 0.3 is 0 Å². The Labute approximate surface area is 142 Å². The molecule has 1 N–H and O–H groups in total. The van der Waals surface area contributed by atoms with Gasteiger partial charge in [-0.05, 0) is 36.6 Å². The maximum atomic E-state index is 12.2. The molecule has 2 heterocycles. The van der Waals surface area contributed by atoms with Crippen molar-refractivity contribution in [3.63, 3.8) is 0 Å². The second kappa shape index (κ2) is 7.93. The molecule has 24 heavy (non-hydrogen) atoms. The van der Waals surface area contributed by atoms with Gasteiger partial charge in [0.1, 0.15) is 5.82 Å². The standard InChI is InChI=1S/C19H23N3O2/c1-15-4-2-3-5-16(15)8-9-20-19(23)17-6-7-18(21-14-17)22-10-12-24-13-11-22/h2-7,14H,8-13H2,1H3,(H,20,23). The van der Waals surface area contributed by atoms with Gasteiger partial charge < -0.3 is 15.0 Å². The molecule has 0 radical (unpaired) electrons. The highest BCUT2D eigenvalue weighted by atomic mass is 16.5. The average molecular weight is 325 g/mol. The van der Waals surface area contributed by atoms with E-state index in [1.54, 1.807) is 6.20 Å². The van der Waals surface area contributed by atoms with E-state index >= 15 is 0 Å². The Balaban J connectivity index is 1.52. The first-order valence-electron chi connectivity index (χ1n) is 8.35. The van der Waals surface area contributed by atoms with Crippen LogP contribution in [-0.4, -0.2) is 43.7 Å². The second-order valence-corrected chi connectivity index (χ2v) is 5.94. The van der Waals surface area contributed by atoms with E-state index < -0.39 is 0 Å². The third kappa shape index (κ3) is 4.11. The fourth-order valence-electron chi connectivity index (χ4n) is 2.80. The maximum absolute atomic E-state index is 12.2. The first-order valence-corrected chi connectivity index (χ1v) is 8.35. The molecule has 2 aromatic rings. The van der Waals surface area contributed by atoms with Crippen LogP contribution < -0.4 is 10.2 Å². The summed E-state index contributed by atoms with van der Waals surface area (Å²) in [5.74, 6) is 0.819. The van der Waals surface area contributed by atoms with Crippen molar-refractivity contribution in [3.8, 4) is 0 Å². The van der Waals surface area contributed by atoms with Gasteiger partial charge in [0.25, 0.3) is 5.91 Å². The second-order valence-electron chi connectivity index (χ2n) is 5.94. The van der Waals surface area contributed by atoms with Crippen molar-refractivity contribution in [1.29, 1.82) is 0 Å². The summed E-state index contributed by atoms with van der Waals surface area (Å²) in [4.78, 5) is 18.8. The highest BCUT2D eigenvalue weighted by molar-refractivity contribution is 5.94. The minimum atomic E-state index is -0.0791. The van der Waals surface area contributed by atoms with Crippen molar-refractivity contribution in [2.45, 2.75) is 13.3 Å². The lowest BCUT2D eigenvalue weighted by molar-refractivity contribution is 0.0953. The first kappa shape index (κ1) is 16.5. The Morgan fingerprint density at radius 2 is 2.00 bits per heavy atom. The molecule has 0 spiro atoms. The Morgan fingerprint density at radius 1 is 1.21 bits per heavy atom. The molecular weight excluding hydrogens is 302 g/mol. The lowest BCUT2D eigenvalue weighted by Crippen LogP contribution is -2.36. The number of aryl methyl sites for hydroxylation is 1. The van der Waals surface area contributed by atoms with E-state index in [4.69, 9.17) is 4.74 Å². The van der Waals surface area contributed by atoms with E-state index in [0.29, 0.717) is 12.1 Å². The number of anilines is 1. The summed E-state index contributed by atoms with van der Waals surface area (Å²) >= 11 is 0. The summed E-state index contributed by atoms with van der Waals surface area (Å²) in [6.07, 6.45) is 2.48. The largest absolute Gasteiger partial charge is 0.378 e. The molecule has 1 aliphatic heterocycles. The van der Waals surface area contributed by atoms with Crippen LogP contribution in [0, 0.1) is 6.92 Å². The van der Waals surface area contributed by atoms with Crippen molar-refractivity contribution in [1.82, 2.24) is 10.3 Å². The Bertz CT molecular complexity index is 679. The number of carbonyl (C=O) groups excluding carboxylic acids is 1. The summed E-state index contributed by atoms with van der Waals surface area (Å²) in [5, 5.41) is 2.96. The average Bonchev–Trinajstić information content (AvgIpc) is 2.64. The van der Waals surface area contributed by atoms with Gasteiger partial charge in [0.2, 0.25) is 0 Å². The van der Waals surface area contributed by atoms with Gasteiger partial charge in [-0.15, -0.1) is 0 Å². The number of amides is 1. The molecule has 126 valence electrons. The SMILES string of the molecule is Cc1ccccc1CCNC(=O)c1ccc(N2CCOCC2)nc1. The number of morpholine rings is 1. The Morgan fingerprint density at radius 3 is 2.71 bits per heavy atom. The monoisotopic (exact) mass is 325 g/mol. The number of hydrogen-bond donors (Lipinski definition) is 1. The zero-order valence-corrected chi connectivity index (χ0v) is 14.0. The lowest BCUT2D eigenvalue weighted by atomic mass is 10.1. The van der Waals surface area contributed by atoms with Crippen molar-refractivity contribution >= 4 is 11.7 Å². The molecule has 1 aliphatic rings. The Kier molecular flexibility index (Phi) is 5.43. The number of rotatable bonds is 5. The minimum Gasteiger partial charge on any atom is -0.378 e. The number of benzene rings is 1. The molecule has 1 aromatic carbocycles. The molecule has 3 rings (SSSR count). The predicted octanol–water partition coefficient (Wildman–Crippen LogP) is 2.20. The smallest absolute Gasteiger partial charge is 0.252 e. The predicted molar refractivity (Wildman–Crippen MR) is 94.5 cm³/mol. The van der Waals surface area contributed by atoms with Crippen LogP contribution in [0.3, 0.4) is 0 Å². The lowest BCUT2D eigenvalue weighted by Gasteiger charge is -2.27. The molecule has 1 amide bonds. The minimum absolute atomic E-state index is 0.0791. The van der Waals surface area contributed by atoms with Crippen LogP contribution in [0.4, 0.5) is 5.82 Å². The first-order chi connectivity index (χ1) is 11.7. The normalized spacial score (nSPS) is 14.5. The van der Waals surface area contributed by atoms with E-state index in [2.05, 4.69) is 34.3 Å². The molecule has 0 saturated carbocycles.